The van der Waals surface area contributed by atoms with E-state index in [1.54, 1.807) is 30.5 Å². The van der Waals surface area contributed by atoms with E-state index in [-0.39, 0.29) is 5.69 Å². The third-order valence-corrected chi connectivity index (χ3v) is 3.25. The van der Waals surface area contributed by atoms with Crippen LogP contribution in [0.25, 0.3) is 0 Å². The summed E-state index contributed by atoms with van der Waals surface area (Å²) in [6.07, 6.45) is 4.58. The topological polar surface area (TPSA) is 48.4 Å². The molecule has 0 fully saturated rings. The number of ether oxygens (including phenoxy) is 2. The van der Waals surface area contributed by atoms with E-state index in [4.69, 9.17) is 9.47 Å². The maximum absolute atomic E-state index is 12.0. The lowest BCUT2D eigenvalue weighted by atomic mass is 10.2. The molecule has 4 nitrogen and oxygen atoms in total. The Hall–Kier alpha value is -2.36. The largest absolute Gasteiger partial charge is 0.492 e. The molecule has 1 aromatic heterocycles. The summed E-state index contributed by atoms with van der Waals surface area (Å²) >= 11 is 0. The Morgan fingerprint density at radius 3 is 2.36 bits per heavy atom. The maximum atomic E-state index is 12.0. The Kier molecular flexibility index (Phi) is 5.95. The predicted molar refractivity (Wildman–Crippen MR) is 85.4 cm³/mol. The van der Waals surface area contributed by atoms with Crippen LogP contribution >= 0.6 is 0 Å². The molecule has 0 bridgehead atoms. The number of unbranched alkanes of at least 4 members (excludes halogenated alkanes) is 1. The highest BCUT2D eigenvalue weighted by Gasteiger charge is 2.10. The zero-order valence-electron chi connectivity index (χ0n) is 13.0. The monoisotopic (exact) mass is 299 g/mol. The van der Waals surface area contributed by atoms with Crippen molar-refractivity contribution in [3.63, 3.8) is 0 Å². The molecular formula is C18H21NO3. The molecule has 0 atom stereocenters. The van der Waals surface area contributed by atoms with Crippen LogP contribution in [0.5, 0.6) is 11.5 Å². The van der Waals surface area contributed by atoms with Gasteiger partial charge in [-0.3, -0.25) is 0 Å². The normalized spacial score (nSPS) is 10.3. The summed E-state index contributed by atoms with van der Waals surface area (Å²) in [5, 5.41) is 0. The average molecular weight is 299 g/mol. The highest BCUT2D eigenvalue weighted by molar-refractivity contribution is 5.89. The molecule has 0 aliphatic carbocycles. The highest BCUT2D eigenvalue weighted by atomic mass is 16.5. The predicted octanol–water partition coefficient (Wildman–Crippen LogP) is 4.04. The van der Waals surface area contributed by atoms with Crippen LogP contribution in [-0.2, 0) is 6.42 Å². The van der Waals surface area contributed by atoms with Gasteiger partial charge in [-0.2, -0.15) is 0 Å². The Labute approximate surface area is 131 Å². The van der Waals surface area contributed by atoms with Gasteiger partial charge in [0.05, 0.1) is 12.8 Å². The first-order valence-electron chi connectivity index (χ1n) is 7.63. The Bertz CT molecular complexity index is 591. The van der Waals surface area contributed by atoms with E-state index in [0.717, 1.165) is 19.3 Å². The zero-order chi connectivity index (χ0) is 15.8. The van der Waals surface area contributed by atoms with Crippen molar-refractivity contribution in [1.82, 2.24) is 4.98 Å². The minimum Gasteiger partial charge on any atom is -0.492 e. The van der Waals surface area contributed by atoms with Crippen molar-refractivity contribution >= 4 is 5.97 Å². The van der Waals surface area contributed by atoms with Crippen molar-refractivity contribution in [3.05, 3.63) is 53.9 Å². The van der Waals surface area contributed by atoms with Crippen molar-refractivity contribution in [1.29, 1.82) is 0 Å². The molecule has 0 radical (unpaired) electrons. The van der Waals surface area contributed by atoms with Gasteiger partial charge in [0.25, 0.3) is 0 Å². The van der Waals surface area contributed by atoms with Gasteiger partial charge in [0.2, 0.25) is 0 Å². The van der Waals surface area contributed by atoms with Crippen LogP contribution < -0.4 is 9.47 Å². The minimum atomic E-state index is -0.468. The molecule has 4 heteroatoms. The third kappa shape index (κ3) is 4.58. The first kappa shape index (κ1) is 16.0. The Morgan fingerprint density at radius 2 is 1.77 bits per heavy atom. The van der Waals surface area contributed by atoms with Gasteiger partial charge in [-0.05, 0) is 42.7 Å². The van der Waals surface area contributed by atoms with Crippen molar-refractivity contribution in [3.8, 4) is 11.5 Å². The van der Waals surface area contributed by atoms with Crippen LogP contribution in [0, 0.1) is 0 Å². The summed E-state index contributed by atoms with van der Waals surface area (Å²) in [4.78, 5) is 16.1. The minimum absolute atomic E-state index is 0.266. The molecule has 1 heterocycles. The van der Waals surface area contributed by atoms with Gasteiger partial charge < -0.3 is 9.47 Å². The number of hydrogen-bond donors (Lipinski definition) is 0. The van der Waals surface area contributed by atoms with E-state index in [1.807, 2.05) is 12.1 Å². The van der Waals surface area contributed by atoms with Gasteiger partial charge in [0.15, 0.2) is 0 Å². The van der Waals surface area contributed by atoms with E-state index in [9.17, 15) is 4.79 Å². The van der Waals surface area contributed by atoms with Crippen LogP contribution in [0.3, 0.4) is 0 Å². The highest BCUT2D eigenvalue weighted by Crippen LogP contribution is 2.15. The quantitative estimate of drug-likeness (QED) is 0.440. The molecule has 0 aliphatic heterocycles. The SMILES string of the molecule is CCCCOc1ccc(C(=O)Oc2ccc(CC)cc2)nc1. The van der Waals surface area contributed by atoms with Gasteiger partial charge >= 0.3 is 5.97 Å². The fourth-order valence-electron chi connectivity index (χ4n) is 1.87. The van der Waals surface area contributed by atoms with Gasteiger partial charge in [-0.25, -0.2) is 9.78 Å². The van der Waals surface area contributed by atoms with Gasteiger partial charge in [-0.15, -0.1) is 0 Å². The molecule has 2 rings (SSSR count). The summed E-state index contributed by atoms with van der Waals surface area (Å²) in [5.74, 6) is 0.717. The van der Waals surface area contributed by atoms with Crippen LogP contribution in [0.2, 0.25) is 0 Å². The van der Waals surface area contributed by atoms with E-state index >= 15 is 0 Å². The number of esters is 1. The molecule has 0 saturated heterocycles. The molecule has 0 N–H and O–H groups in total. The summed E-state index contributed by atoms with van der Waals surface area (Å²) in [7, 11) is 0. The molecular weight excluding hydrogens is 278 g/mol. The van der Waals surface area contributed by atoms with Crippen molar-refractivity contribution in [2.24, 2.45) is 0 Å². The van der Waals surface area contributed by atoms with Crippen LogP contribution in [0.1, 0.15) is 42.7 Å². The summed E-state index contributed by atoms with van der Waals surface area (Å²) in [6, 6.07) is 10.8. The van der Waals surface area contributed by atoms with Crippen LogP contribution in [-0.4, -0.2) is 17.6 Å². The number of hydrogen-bond acceptors (Lipinski definition) is 4. The Morgan fingerprint density at radius 1 is 1.05 bits per heavy atom. The number of benzene rings is 1. The lowest BCUT2D eigenvalue weighted by Crippen LogP contribution is -2.10. The number of aromatic nitrogens is 1. The molecule has 0 aliphatic rings. The second-order valence-electron chi connectivity index (χ2n) is 4.97. The number of nitrogens with zero attached hydrogens (tertiary/aromatic N) is 1. The van der Waals surface area contributed by atoms with E-state index in [1.165, 1.54) is 5.56 Å². The van der Waals surface area contributed by atoms with Crippen LogP contribution in [0.4, 0.5) is 0 Å². The third-order valence-electron chi connectivity index (χ3n) is 3.25. The van der Waals surface area contributed by atoms with E-state index in [0.29, 0.717) is 18.1 Å². The van der Waals surface area contributed by atoms with E-state index < -0.39 is 5.97 Å². The molecule has 2 aromatic rings. The lowest BCUT2D eigenvalue weighted by molar-refractivity contribution is 0.0728. The fraction of sp³-hybridized carbons (Fsp3) is 0.333. The number of pyridine rings is 1. The number of carbonyl (C=O) groups excluding carboxylic acids is 1. The number of aryl methyl sites for hydroxylation is 1. The smallest absolute Gasteiger partial charge is 0.362 e. The number of rotatable bonds is 7. The Balaban J connectivity index is 1.94. The molecule has 22 heavy (non-hydrogen) atoms. The van der Waals surface area contributed by atoms with Crippen molar-refractivity contribution < 1.29 is 14.3 Å². The number of carbonyl (C=O) groups is 1. The molecule has 0 unspecified atom stereocenters. The van der Waals surface area contributed by atoms with Gasteiger partial charge in [0.1, 0.15) is 17.2 Å². The van der Waals surface area contributed by atoms with Crippen molar-refractivity contribution in [2.45, 2.75) is 33.1 Å². The molecule has 0 saturated carbocycles. The molecule has 1 aromatic carbocycles. The molecule has 0 spiro atoms. The van der Waals surface area contributed by atoms with Crippen LogP contribution in [0.15, 0.2) is 42.6 Å². The summed E-state index contributed by atoms with van der Waals surface area (Å²) < 4.78 is 10.8. The molecule has 116 valence electrons. The average Bonchev–Trinajstić information content (AvgIpc) is 2.56. The van der Waals surface area contributed by atoms with Gasteiger partial charge in [0, 0.05) is 0 Å². The summed E-state index contributed by atoms with van der Waals surface area (Å²) in [5.41, 5.74) is 1.47. The first-order chi connectivity index (χ1) is 10.7. The summed E-state index contributed by atoms with van der Waals surface area (Å²) in [6.45, 7) is 4.84. The second kappa shape index (κ2) is 8.17. The zero-order valence-corrected chi connectivity index (χ0v) is 13.0. The first-order valence-corrected chi connectivity index (χ1v) is 7.63. The molecule has 0 amide bonds. The lowest BCUT2D eigenvalue weighted by Gasteiger charge is -2.06. The van der Waals surface area contributed by atoms with Gasteiger partial charge in [-0.1, -0.05) is 32.4 Å². The maximum Gasteiger partial charge on any atom is 0.362 e. The van der Waals surface area contributed by atoms with Crippen molar-refractivity contribution in [2.75, 3.05) is 6.61 Å². The standard InChI is InChI=1S/C18H21NO3/c1-3-5-12-21-16-10-11-17(19-13-16)18(20)22-15-8-6-14(4-2)7-9-15/h6-11,13H,3-5,12H2,1-2H3. The second-order valence-corrected chi connectivity index (χ2v) is 4.97. The van der Waals surface area contributed by atoms with E-state index in [2.05, 4.69) is 18.8 Å². The fourth-order valence-corrected chi connectivity index (χ4v) is 1.87.